The van der Waals surface area contributed by atoms with Crippen LogP contribution in [0.1, 0.15) is 92.9 Å². The van der Waals surface area contributed by atoms with Gasteiger partial charge in [-0.25, -0.2) is 0 Å². The summed E-state index contributed by atoms with van der Waals surface area (Å²) in [5, 5.41) is 21.8. The monoisotopic (exact) mass is 462 g/mol. The molecule has 0 unspecified atom stereocenters. The summed E-state index contributed by atoms with van der Waals surface area (Å²) in [6.45, 7) is 13.4. The molecule has 2 N–H and O–H groups in total. The van der Waals surface area contributed by atoms with E-state index in [1.807, 2.05) is 6.92 Å². The van der Waals surface area contributed by atoms with Crippen LogP contribution < -0.4 is 0 Å². The highest BCUT2D eigenvalue weighted by atomic mass is 16.6. The first-order chi connectivity index (χ1) is 15.4. The van der Waals surface area contributed by atoms with Crippen LogP contribution in [-0.4, -0.2) is 40.3 Å². The van der Waals surface area contributed by atoms with Gasteiger partial charge >= 0.3 is 0 Å². The Morgan fingerprint density at radius 2 is 1.76 bits per heavy atom. The number of hydrogen-bond acceptors (Lipinski definition) is 5. The van der Waals surface area contributed by atoms with Crippen molar-refractivity contribution in [2.75, 3.05) is 6.61 Å². The van der Waals surface area contributed by atoms with Gasteiger partial charge in [-0.15, -0.1) is 0 Å². The third kappa shape index (κ3) is 3.67. The van der Waals surface area contributed by atoms with E-state index in [1.54, 1.807) is 0 Å². The van der Waals surface area contributed by atoms with Crippen LogP contribution in [0.15, 0.2) is 0 Å². The zero-order valence-electron chi connectivity index (χ0n) is 21.6. The highest BCUT2D eigenvalue weighted by molar-refractivity contribution is 5.99. The van der Waals surface area contributed by atoms with Gasteiger partial charge in [0.05, 0.1) is 17.4 Å². The lowest BCUT2D eigenvalue weighted by Crippen LogP contribution is -2.61. The molecule has 2 saturated heterocycles. The van der Waals surface area contributed by atoms with Crippen molar-refractivity contribution in [1.82, 2.24) is 0 Å². The molecule has 4 aliphatic rings. The predicted octanol–water partition coefficient (Wildman–Crippen LogP) is 4.77. The molecule has 33 heavy (non-hydrogen) atoms. The normalized spacial score (nSPS) is 46.8. The summed E-state index contributed by atoms with van der Waals surface area (Å²) in [7, 11) is 0. The van der Waals surface area contributed by atoms with Gasteiger partial charge in [-0.05, 0) is 74.0 Å². The van der Waals surface area contributed by atoms with E-state index in [-0.39, 0.29) is 35.6 Å². The maximum Gasteiger partial charge on any atom is 0.188 e. The van der Waals surface area contributed by atoms with Crippen LogP contribution in [0.2, 0.25) is 0 Å². The van der Waals surface area contributed by atoms with E-state index in [9.17, 15) is 19.8 Å². The Hall–Kier alpha value is -0.780. The van der Waals surface area contributed by atoms with Crippen molar-refractivity contribution in [3.63, 3.8) is 0 Å². The Morgan fingerprint density at radius 1 is 1.06 bits per heavy atom. The fourth-order valence-corrected chi connectivity index (χ4v) is 8.37. The number of carbonyl (C=O) groups excluding carboxylic acids is 2. The first kappa shape index (κ1) is 25.3. The van der Waals surface area contributed by atoms with Crippen LogP contribution in [0.3, 0.4) is 0 Å². The number of ether oxygens (including phenoxy) is 1. The zero-order chi connectivity index (χ0) is 24.3. The summed E-state index contributed by atoms with van der Waals surface area (Å²) in [5.74, 6) is -0.668. The van der Waals surface area contributed by atoms with Crippen LogP contribution in [0, 0.1) is 52.3 Å². The lowest BCUT2D eigenvalue weighted by atomic mass is 9.61. The molecule has 188 valence electrons. The number of Topliss-reactive ketones (excluding diaryl/α,β-unsaturated/α-hetero) is 2. The molecule has 0 radical (unpaired) electrons. The van der Waals surface area contributed by atoms with Gasteiger partial charge in [0.1, 0.15) is 11.6 Å². The summed E-state index contributed by atoms with van der Waals surface area (Å²) in [5.41, 5.74) is -1.24. The van der Waals surface area contributed by atoms with E-state index in [2.05, 4.69) is 34.6 Å². The fourth-order valence-electron chi connectivity index (χ4n) is 8.37. The first-order valence-electron chi connectivity index (χ1n) is 13.5. The number of carbonyl (C=O) groups is 2. The van der Waals surface area contributed by atoms with Crippen molar-refractivity contribution in [3.05, 3.63) is 0 Å². The smallest absolute Gasteiger partial charge is 0.188 e. The number of hydrogen-bond donors (Lipinski definition) is 2. The molecule has 2 bridgehead atoms. The van der Waals surface area contributed by atoms with E-state index in [0.717, 1.165) is 19.3 Å². The lowest BCUT2D eigenvalue weighted by Gasteiger charge is -2.50. The zero-order valence-corrected chi connectivity index (χ0v) is 21.6. The number of aliphatic hydroxyl groups excluding tert-OH is 1. The topological polar surface area (TPSA) is 83.8 Å². The molecule has 0 amide bonds. The molecule has 5 nitrogen and oxygen atoms in total. The first-order valence-corrected chi connectivity index (χ1v) is 13.5. The summed E-state index contributed by atoms with van der Waals surface area (Å²) < 4.78 is 6.08. The van der Waals surface area contributed by atoms with Crippen LogP contribution in [-0.2, 0) is 14.3 Å². The van der Waals surface area contributed by atoms with Gasteiger partial charge in [-0.3, -0.25) is 9.59 Å². The number of rotatable bonds is 8. The lowest BCUT2D eigenvalue weighted by molar-refractivity contribution is -0.324. The quantitative estimate of drug-likeness (QED) is 0.543. The van der Waals surface area contributed by atoms with Crippen LogP contribution in [0.4, 0.5) is 0 Å². The minimum Gasteiger partial charge on any atom is -0.396 e. The highest BCUT2D eigenvalue weighted by Crippen LogP contribution is 2.66. The highest BCUT2D eigenvalue weighted by Gasteiger charge is 2.75. The van der Waals surface area contributed by atoms with Crippen molar-refractivity contribution in [3.8, 4) is 0 Å². The second kappa shape index (κ2) is 8.71. The maximum atomic E-state index is 14.0. The van der Waals surface area contributed by atoms with Crippen molar-refractivity contribution in [2.24, 2.45) is 52.3 Å². The predicted molar refractivity (Wildman–Crippen MR) is 127 cm³/mol. The molecule has 0 spiro atoms. The van der Waals surface area contributed by atoms with Gasteiger partial charge in [0.2, 0.25) is 0 Å². The molecular formula is C28H46O5. The summed E-state index contributed by atoms with van der Waals surface area (Å²) in [4.78, 5) is 27.3. The Morgan fingerprint density at radius 3 is 2.39 bits per heavy atom. The van der Waals surface area contributed by atoms with E-state index >= 15 is 0 Å². The maximum absolute atomic E-state index is 14.0. The van der Waals surface area contributed by atoms with Crippen LogP contribution in [0.5, 0.6) is 0 Å². The molecule has 10 atom stereocenters. The van der Waals surface area contributed by atoms with Gasteiger partial charge in [-0.1, -0.05) is 47.5 Å². The van der Waals surface area contributed by atoms with E-state index < -0.39 is 23.0 Å². The van der Waals surface area contributed by atoms with Gasteiger partial charge in [0, 0.05) is 18.9 Å². The Labute approximate surface area is 200 Å². The van der Waals surface area contributed by atoms with E-state index in [1.165, 1.54) is 6.42 Å². The number of aliphatic hydroxyl groups is 2. The minimum absolute atomic E-state index is 0.00382. The average Bonchev–Trinajstić information content (AvgIpc) is 3.17. The second-order valence-electron chi connectivity index (χ2n) is 12.9. The van der Waals surface area contributed by atoms with Crippen LogP contribution in [0.25, 0.3) is 0 Å². The third-order valence-corrected chi connectivity index (χ3v) is 11.0. The molecule has 2 heterocycles. The largest absolute Gasteiger partial charge is 0.396 e. The Bertz CT molecular complexity index is 778. The molecule has 2 saturated carbocycles. The minimum atomic E-state index is -1.66. The SMILES string of the molecule is CC(C)[C@@H](C)CC[C@@H](C)[C@H]1CC[C@@H]([C@@H]2C(=O)[C@@]3(C)CC[C@H]4CC(=O)[C@@H]2[C@]3(O)O4)[C@]1(C)CCO. The summed E-state index contributed by atoms with van der Waals surface area (Å²) in [6, 6.07) is 0. The van der Waals surface area contributed by atoms with E-state index in [4.69, 9.17) is 4.74 Å². The van der Waals surface area contributed by atoms with E-state index in [0.29, 0.717) is 49.4 Å². The number of fused-ring (bicyclic) bond motifs is 1. The fraction of sp³-hybridized carbons (Fsp3) is 0.929. The van der Waals surface area contributed by atoms with Gasteiger partial charge in [-0.2, -0.15) is 0 Å². The number of ketones is 2. The van der Waals surface area contributed by atoms with Crippen molar-refractivity contribution in [1.29, 1.82) is 0 Å². The summed E-state index contributed by atoms with van der Waals surface area (Å²) in [6.07, 6.45) is 6.14. The Kier molecular flexibility index (Phi) is 6.68. The molecule has 5 heteroatoms. The second-order valence-corrected chi connectivity index (χ2v) is 12.9. The van der Waals surface area contributed by atoms with Gasteiger partial charge in [0.15, 0.2) is 5.79 Å². The molecule has 4 fully saturated rings. The standard InChI is InChI=1S/C28H46O5/c1-16(2)17(3)7-8-18(4)20-9-10-21(26(20,5)13-14-29)23-24-22(30)15-19-11-12-27(6,25(23)31)28(24,32)33-19/h16-21,23-24,29,32H,7-15H2,1-6H3/t17-,18+,19-,20+,21-,23-,24-,26+,27+,28-/m0/s1. The molecule has 0 aromatic heterocycles. The average molecular weight is 463 g/mol. The van der Waals surface area contributed by atoms with Gasteiger partial charge in [0.25, 0.3) is 0 Å². The molecular weight excluding hydrogens is 416 g/mol. The van der Waals surface area contributed by atoms with Crippen molar-refractivity contribution in [2.45, 2.75) is 105 Å². The third-order valence-electron chi connectivity index (χ3n) is 11.0. The molecule has 2 aliphatic carbocycles. The Balaban J connectivity index is 1.64. The van der Waals surface area contributed by atoms with Crippen LogP contribution >= 0.6 is 0 Å². The van der Waals surface area contributed by atoms with Gasteiger partial charge < -0.3 is 14.9 Å². The molecule has 2 aliphatic heterocycles. The molecule has 0 aromatic carbocycles. The molecule has 0 aromatic rings. The van der Waals surface area contributed by atoms with Crippen molar-refractivity contribution < 1.29 is 24.5 Å². The van der Waals surface area contributed by atoms with Crippen molar-refractivity contribution >= 4 is 11.6 Å². The molecule has 4 rings (SSSR count). The summed E-state index contributed by atoms with van der Waals surface area (Å²) >= 11 is 0.